The van der Waals surface area contributed by atoms with Crippen molar-refractivity contribution in [2.75, 3.05) is 18.5 Å². The Morgan fingerprint density at radius 3 is 2.50 bits per heavy atom. The Morgan fingerprint density at radius 2 is 1.86 bits per heavy atom. The fraction of sp³-hybridized carbons (Fsp3) is 0.250. The van der Waals surface area contributed by atoms with E-state index in [0.29, 0.717) is 23.6 Å². The van der Waals surface area contributed by atoms with Crippen LogP contribution >= 0.6 is 28.1 Å². The molecule has 1 amide bonds. The minimum atomic E-state index is -0.375. The lowest BCUT2D eigenvalue weighted by Gasteiger charge is -2.12. The number of ether oxygens (including phenoxy) is 2. The first-order valence-corrected chi connectivity index (χ1v) is 9.86. The molecule has 6 nitrogen and oxygen atoms in total. The Hall–Kier alpha value is -2.45. The van der Waals surface area contributed by atoms with Gasteiger partial charge in [-0.15, -0.1) is 0 Å². The van der Waals surface area contributed by atoms with Crippen molar-refractivity contribution in [3.8, 4) is 5.75 Å². The second kappa shape index (κ2) is 10.8. The lowest BCUT2D eigenvalue weighted by atomic mass is 10.2. The Morgan fingerprint density at radius 1 is 1.14 bits per heavy atom. The zero-order valence-electron chi connectivity index (χ0n) is 15.6. The van der Waals surface area contributed by atoms with Gasteiger partial charge >= 0.3 is 5.97 Å². The molecule has 0 heterocycles. The van der Waals surface area contributed by atoms with Crippen molar-refractivity contribution in [3.05, 3.63) is 58.1 Å². The number of hydrogen-bond donors (Lipinski definition) is 2. The number of rotatable bonds is 7. The number of benzene rings is 2. The Kier molecular flexibility index (Phi) is 8.41. The van der Waals surface area contributed by atoms with E-state index in [1.165, 1.54) is 0 Å². The van der Waals surface area contributed by atoms with E-state index in [9.17, 15) is 9.59 Å². The van der Waals surface area contributed by atoms with Crippen molar-refractivity contribution in [3.63, 3.8) is 0 Å². The largest absolute Gasteiger partial charge is 0.483 e. The van der Waals surface area contributed by atoms with Gasteiger partial charge in [0.15, 0.2) is 11.7 Å². The number of hydrogen-bond acceptors (Lipinski definition) is 5. The molecule has 0 saturated heterocycles. The van der Waals surface area contributed by atoms with Gasteiger partial charge in [0.25, 0.3) is 5.91 Å². The fourth-order valence-corrected chi connectivity index (χ4v) is 2.92. The lowest BCUT2D eigenvalue weighted by Crippen LogP contribution is -2.37. The van der Waals surface area contributed by atoms with E-state index in [4.69, 9.17) is 21.7 Å². The summed E-state index contributed by atoms with van der Waals surface area (Å²) in [5.74, 6) is -0.118. The minimum absolute atomic E-state index is 0.141. The highest BCUT2D eigenvalue weighted by molar-refractivity contribution is 9.10. The van der Waals surface area contributed by atoms with Crippen LogP contribution in [0.4, 0.5) is 5.69 Å². The highest BCUT2D eigenvalue weighted by Crippen LogP contribution is 2.22. The number of esters is 1. The van der Waals surface area contributed by atoms with Crippen LogP contribution in [0.5, 0.6) is 5.75 Å². The number of thiocarbonyl (C=S) groups is 1. The average Bonchev–Trinajstić information content (AvgIpc) is 2.66. The third kappa shape index (κ3) is 6.94. The summed E-state index contributed by atoms with van der Waals surface area (Å²) in [5.41, 5.74) is 2.01. The van der Waals surface area contributed by atoms with Crippen LogP contribution in [0.1, 0.15) is 29.3 Å². The smallest absolute Gasteiger partial charge is 0.338 e. The second-order valence-electron chi connectivity index (χ2n) is 5.91. The van der Waals surface area contributed by atoms with Crippen molar-refractivity contribution >= 4 is 50.8 Å². The molecule has 0 unspecified atom stereocenters. The SMILES string of the molecule is CCCOC(=O)c1ccc(NC(=S)NC(=O)COc2ccc(Br)cc2C)cc1. The van der Waals surface area contributed by atoms with Gasteiger partial charge in [-0.05, 0) is 73.6 Å². The van der Waals surface area contributed by atoms with Crippen LogP contribution in [0.15, 0.2) is 46.9 Å². The quantitative estimate of drug-likeness (QED) is 0.471. The molecule has 2 aromatic carbocycles. The summed E-state index contributed by atoms with van der Waals surface area (Å²) < 4.78 is 11.5. The van der Waals surface area contributed by atoms with Gasteiger partial charge in [0.2, 0.25) is 0 Å². The zero-order chi connectivity index (χ0) is 20.5. The van der Waals surface area contributed by atoms with Crippen LogP contribution in [0.2, 0.25) is 0 Å². The van der Waals surface area contributed by atoms with Crippen molar-refractivity contribution in [2.45, 2.75) is 20.3 Å². The first-order valence-electron chi connectivity index (χ1n) is 8.66. The number of carbonyl (C=O) groups is 2. The molecule has 8 heteroatoms. The molecule has 28 heavy (non-hydrogen) atoms. The van der Waals surface area contributed by atoms with Gasteiger partial charge in [-0.3, -0.25) is 10.1 Å². The van der Waals surface area contributed by atoms with Crippen LogP contribution in [0, 0.1) is 6.92 Å². The predicted octanol–water partition coefficient (Wildman–Crippen LogP) is 4.22. The van der Waals surface area contributed by atoms with Crippen LogP contribution in [-0.2, 0) is 9.53 Å². The normalized spacial score (nSPS) is 10.1. The number of halogens is 1. The number of amides is 1. The number of carbonyl (C=O) groups excluding carboxylic acids is 2. The van der Waals surface area contributed by atoms with E-state index >= 15 is 0 Å². The van der Waals surface area contributed by atoms with Gasteiger partial charge in [0.1, 0.15) is 5.75 Å². The van der Waals surface area contributed by atoms with Crippen LogP contribution in [0.25, 0.3) is 0 Å². The highest BCUT2D eigenvalue weighted by Gasteiger charge is 2.09. The molecule has 148 valence electrons. The topological polar surface area (TPSA) is 76.7 Å². The van der Waals surface area contributed by atoms with E-state index in [-0.39, 0.29) is 23.6 Å². The van der Waals surface area contributed by atoms with Gasteiger partial charge < -0.3 is 14.8 Å². The Labute approximate surface area is 177 Å². The predicted molar refractivity (Wildman–Crippen MR) is 116 cm³/mol. The molecule has 2 aromatic rings. The maximum absolute atomic E-state index is 12.0. The summed E-state index contributed by atoms with van der Waals surface area (Å²) in [4.78, 5) is 23.8. The number of nitrogens with one attached hydrogen (secondary N) is 2. The van der Waals surface area contributed by atoms with Gasteiger partial charge in [-0.25, -0.2) is 4.79 Å². The first-order chi connectivity index (χ1) is 13.4. The highest BCUT2D eigenvalue weighted by atomic mass is 79.9. The molecule has 0 aliphatic rings. The summed E-state index contributed by atoms with van der Waals surface area (Å²) in [5, 5.41) is 5.58. The summed E-state index contributed by atoms with van der Waals surface area (Å²) >= 11 is 8.51. The number of aryl methyl sites for hydroxylation is 1. The molecule has 0 radical (unpaired) electrons. The van der Waals surface area contributed by atoms with E-state index in [1.807, 2.05) is 26.0 Å². The monoisotopic (exact) mass is 464 g/mol. The van der Waals surface area contributed by atoms with Crippen molar-refractivity contribution in [2.24, 2.45) is 0 Å². The van der Waals surface area contributed by atoms with Crippen LogP contribution < -0.4 is 15.4 Å². The standard InChI is InChI=1S/C20H21BrN2O4S/c1-3-10-26-19(25)14-4-7-16(8-5-14)22-20(28)23-18(24)12-27-17-9-6-15(21)11-13(17)2/h4-9,11H,3,10,12H2,1-2H3,(H2,22,23,24,28). The third-order valence-corrected chi connectivity index (χ3v) is 4.26. The summed E-state index contributed by atoms with van der Waals surface area (Å²) in [6, 6.07) is 12.2. The second-order valence-corrected chi connectivity index (χ2v) is 7.24. The number of anilines is 1. The molecule has 0 fully saturated rings. The van der Waals surface area contributed by atoms with E-state index in [2.05, 4.69) is 26.6 Å². The molecule has 2 rings (SSSR count). The Balaban J connectivity index is 1.81. The first kappa shape index (κ1) is 21.8. The molecule has 0 bridgehead atoms. The fourth-order valence-electron chi connectivity index (χ4n) is 2.21. The molecule has 0 spiro atoms. The maximum Gasteiger partial charge on any atom is 0.338 e. The Bertz CT molecular complexity index is 856. The summed E-state index contributed by atoms with van der Waals surface area (Å²) in [6.07, 6.45) is 0.768. The van der Waals surface area contributed by atoms with Crippen LogP contribution in [0.3, 0.4) is 0 Å². The van der Waals surface area contributed by atoms with Gasteiger partial charge in [-0.2, -0.15) is 0 Å². The molecule has 0 aliphatic carbocycles. The van der Waals surface area contributed by atoms with Crippen LogP contribution in [-0.4, -0.2) is 30.2 Å². The average molecular weight is 465 g/mol. The molecule has 2 N–H and O–H groups in total. The molecular weight excluding hydrogens is 444 g/mol. The van der Waals surface area contributed by atoms with Gasteiger partial charge in [0, 0.05) is 10.2 Å². The molecule has 0 atom stereocenters. The van der Waals surface area contributed by atoms with E-state index in [1.54, 1.807) is 30.3 Å². The minimum Gasteiger partial charge on any atom is -0.483 e. The maximum atomic E-state index is 12.0. The van der Waals surface area contributed by atoms with Gasteiger partial charge in [-0.1, -0.05) is 22.9 Å². The van der Waals surface area contributed by atoms with E-state index < -0.39 is 0 Å². The van der Waals surface area contributed by atoms with E-state index in [0.717, 1.165) is 16.5 Å². The van der Waals surface area contributed by atoms with Gasteiger partial charge in [0.05, 0.1) is 12.2 Å². The molecule has 0 aliphatic heterocycles. The molecular formula is C20H21BrN2O4S. The van der Waals surface area contributed by atoms with Crippen molar-refractivity contribution in [1.29, 1.82) is 0 Å². The summed E-state index contributed by atoms with van der Waals surface area (Å²) in [7, 11) is 0. The van der Waals surface area contributed by atoms with Crippen molar-refractivity contribution in [1.82, 2.24) is 5.32 Å². The zero-order valence-corrected chi connectivity index (χ0v) is 18.0. The third-order valence-electron chi connectivity index (χ3n) is 3.56. The summed E-state index contributed by atoms with van der Waals surface area (Å²) in [6.45, 7) is 4.05. The molecule has 0 saturated carbocycles. The van der Waals surface area contributed by atoms with Crippen molar-refractivity contribution < 1.29 is 19.1 Å². The molecule has 0 aromatic heterocycles. The lowest BCUT2D eigenvalue weighted by molar-refractivity contribution is -0.121.